The first-order valence-electron chi connectivity index (χ1n) is 5.51. The molecule has 0 saturated carbocycles. The van der Waals surface area contributed by atoms with Crippen LogP contribution in [0, 0.1) is 11.6 Å². The molecule has 1 heterocycles. The average molecular weight is 256 g/mol. The predicted molar refractivity (Wildman–Crippen MR) is 68.5 cm³/mol. The molecule has 0 fully saturated rings. The van der Waals surface area contributed by atoms with Crippen molar-refractivity contribution >= 4 is 22.6 Å². The number of thioether (sulfide) groups is 1. The largest absolute Gasteiger partial charge is 0.333 e. The molecule has 0 amide bonds. The minimum Gasteiger partial charge on any atom is -0.333 e. The smallest absolute Gasteiger partial charge is 0.161 e. The van der Waals surface area contributed by atoms with E-state index in [9.17, 15) is 8.78 Å². The SMILES string of the molecule is CC1CC(C)SC(Nc2ccc(F)cc2F)=N1. The Hall–Kier alpha value is -1.10. The van der Waals surface area contributed by atoms with E-state index in [1.54, 1.807) is 11.8 Å². The van der Waals surface area contributed by atoms with Crippen LogP contribution in [0.1, 0.15) is 20.3 Å². The second-order valence-corrected chi connectivity index (χ2v) is 5.62. The molecule has 1 aromatic carbocycles. The van der Waals surface area contributed by atoms with Crippen LogP contribution in [0.25, 0.3) is 0 Å². The molecule has 5 heteroatoms. The van der Waals surface area contributed by atoms with E-state index in [-0.39, 0.29) is 11.7 Å². The maximum absolute atomic E-state index is 13.4. The standard InChI is InChI=1S/C12H14F2N2S/c1-7-5-8(2)17-12(15-7)16-11-4-3-9(13)6-10(11)14/h3-4,6-8H,5H2,1-2H3,(H,15,16). The molecule has 2 atom stereocenters. The maximum atomic E-state index is 13.4. The van der Waals surface area contributed by atoms with E-state index in [1.165, 1.54) is 12.1 Å². The Morgan fingerprint density at radius 3 is 2.76 bits per heavy atom. The maximum Gasteiger partial charge on any atom is 0.161 e. The first-order valence-corrected chi connectivity index (χ1v) is 6.39. The summed E-state index contributed by atoms with van der Waals surface area (Å²) in [6, 6.07) is 3.71. The van der Waals surface area contributed by atoms with Crippen molar-refractivity contribution in [1.29, 1.82) is 0 Å². The van der Waals surface area contributed by atoms with E-state index in [0.717, 1.165) is 12.5 Å². The van der Waals surface area contributed by atoms with Crippen molar-refractivity contribution in [2.75, 3.05) is 5.32 Å². The number of hydrogen-bond donors (Lipinski definition) is 1. The number of halogens is 2. The summed E-state index contributed by atoms with van der Waals surface area (Å²) >= 11 is 1.58. The summed E-state index contributed by atoms with van der Waals surface area (Å²) in [5.41, 5.74) is 0.263. The van der Waals surface area contributed by atoms with E-state index < -0.39 is 11.6 Å². The van der Waals surface area contributed by atoms with Crippen LogP contribution in [0.2, 0.25) is 0 Å². The van der Waals surface area contributed by atoms with Crippen LogP contribution in [0.3, 0.4) is 0 Å². The van der Waals surface area contributed by atoms with Crippen LogP contribution >= 0.6 is 11.8 Å². The molecular formula is C12H14F2N2S. The van der Waals surface area contributed by atoms with Crippen LogP contribution in [0.5, 0.6) is 0 Å². The molecule has 0 saturated heterocycles. The van der Waals surface area contributed by atoms with E-state index >= 15 is 0 Å². The van der Waals surface area contributed by atoms with E-state index in [0.29, 0.717) is 10.4 Å². The summed E-state index contributed by atoms with van der Waals surface area (Å²) in [4.78, 5) is 4.40. The fraction of sp³-hybridized carbons (Fsp3) is 0.417. The molecule has 1 aliphatic heterocycles. The first-order chi connectivity index (χ1) is 8.04. The quantitative estimate of drug-likeness (QED) is 0.829. The van der Waals surface area contributed by atoms with Gasteiger partial charge in [-0.1, -0.05) is 18.7 Å². The van der Waals surface area contributed by atoms with Gasteiger partial charge in [0.1, 0.15) is 11.6 Å². The van der Waals surface area contributed by atoms with Gasteiger partial charge < -0.3 is 5.32 Å². The van der Waals surface area contributed by atoms with Crippen molar-refractivity contribution in [3.63, 3.8) is 0 Å². The average Bonchev–Trinajstić information content (AvgIpc) is 2.21. The van der Waals surface area contributed by atoms with Crippen molar-refractivity contribution in [1.82, 2.24) is 0 Å². The van der Waals surface area contributed by atoms with Crippen molar-refractivity contribution < 1.29 is 8.78 Å². The van der Waals surface area contributed by atoms with Crippen LogP contribution in [0.4, 0.5) is 14.5 Å². The van der Waals surface area contributed by atoms with Gasteiger partial charge in [-0.15, -0.1) is 0 Å². The lowest BCUT2D eigenvalue weighted by Crippen LogP contribution is -2.23. The summed E-state index contributed by atoms with van der Waals surface area (Å²) < 4.78 is 26.2. The van der Waals surface area contributed by atoms with Crippen LogP contribution in [-0.2, 0) is 0 Å². The van der Waals surface area contributed by atoms with Crippen LogP contribution in [0.15, 0.2) is 23.2 Å². The molecular weight excluding hydrogens is 242 g/mol. The minimum absolute atomic E-state index is 0.234. The molecule has 0 bridgehead atoms. The van der Waals surface area contributed by atoms with E-state index in [1.807, 2.05) is 6.92 Å². The van der Waals surface area contributed by atoms with Gasteiger partial charge in [0.2, 0.25) is 0 Å². The Balaban J connectivity index is 2.15. The number of hydrogen-bond acceptors (Lipinski definition) is 3. The minimum atomic E-state index is -0.598. The van der Waals surface area contributed by atoms with Crippen molar-refractivity contribution in [3.8, 4) is 0 Å². The van der Waals surface area contributed by atoms with Gasteiger partial charge in [0.05, 0.1) is 11.7 Å². The van der Waals surface area contributed by atoms with Gasteiger partial charge in [0, 0.05) is 11.3 Å². The molecule has 1 N–H and O–H groups in total. The summed E-state index contributed by atoms with van der Waals surface area (Å²) in [6.07, 6.45) is 1.02. The van der Waals surface area contributed by atoms with Gasteiger partial charge in [-0.25, -0.2) is 8.78 Å². The zero-order chi connectivity index (χ0) is 12.4. The highest BCUT2D eigenvalue weighted by Gasteiger charge is 2.19. The highest BCUT2D eigenvalue weighted by Crippen LogP contribution is 2.26. The van der Waals surface area contributed by atoms with Gasteiger partial charge in [-0.2, -0.15) is 0 Å². The van der Waals surface area contributed by atoms with Crippen molar-refractivity contribution in [2.24, 2.45) is 4.99 Å². The molecule has 1 aliphatic rings. The number of aliphatic imine (C=N–C) groups is 1. The second-order valence-electron chi connectivity index (χ2n) is 4.20. The third-order valence-corrected chi connectivity index (χ3v) is 3.52. The number of nitrogens with zero attached hydrogens (tertiary/aromatic N) is 1. The lowest BCUT2D eigenvalue weighted by molar-refractivity contribution is 0.586. The van der Waals surface area contributed by atoms with Gasteiger partial charge in [-0.05, 0) is 25.5 Å². The number of amidine groups is 1. The lowest BCUT2D eigenvalue weighted by atomic mass is 10.2. The number of nitrogens with one attached hydrogen (secondary N) is 1. The van der Waals surface area contributed by atoms with Crippen molar-refractivity contribution in [2.45, 2.75) is 31.6 Å². The molecule has 2 unspecified atom stereocenters. The molecule has 0 spiro atoms. The lowest BCUT2D eigenvalue weighted by Gasteiger charge is -2.23. The Morgan fingerprint density at radius 2 is 2.12 bits per heavy atom. The molecule has 2 nitrogen and oxygen atoms in total. The number of rotatable bonds is 1. The Labute approximate surface area is 104 Å². The highest BCUT2D eigenvalue weighted by atomic mass is 32.2. The molecule has 92 valence electrons. The van der Waals surface area contributed by atoms with Crippen LogP contribution in [-0.4, -0.2) is 16.5 Å². The summed E-state index contributed by atoms with van der Waals surface area (Å²) in [5.74, 6) is -1.17. The molecule has 1 aromatic rings. The zero-order valence-corrected chi connectivity index (χ0v) is 10.5. The van der Waals surface area contributed by atoms with Gasteiger partial charge in [0.25, 0.3) is 0 Å². The molecule has 0 aliphatic carbocycles. The van der Waals surface area contributed by atoms with Crippen molar-refractivity contribution in [3.05, 3.63) is 29.8 Å². The topological polar surface area (TPSA) is 24.4 Å². The highest BCUT2D eigenvalue weighted by molar-refractivity contribution is 8.14. The zero-order valence-electron chi connectivity index (χ0n) is 9.71. The molecule has 2 rings (SSSR count). The third kappa shape index (κ3) is 3.19. The second kappa shape index (κ2) is 5.04. The summed E-state index contributed by atoms with van der Waals surface area (Å²) in [7, 11) is 0. The fourth-order valence-corrected chi connectivity index (χ4v) is 2.94. The molecule has 0 radical (unpaired) electrons. The van der Waals surface area contributed by atoms with Gasteiger partial charge in [0.15, 0.2) is 5.17 Å². The fourth-order valence-electron chi connectivity index (χ4n) is 1.77. The normalized spacial score (nSPS) is 24.4. The number of benzene rings is 1. The monoisotopic (exact) mass is 256 g/mol. The van der Waals surface area contributed by atoms with Gasteiger partial charge in [-0.3, -0.25) is 4.99 Å². The Bertz CT molecular complexity index is 448. The third-order valence-electron chi connectivity index (χ3n) is 2.50. The predicted octanol–water partition coefficient (Wildman–Crippen LogP) is 3.65. The molecule has 17 heavy (non-hydrogen) atoms. The van der Waals surface area contributed by atoms with E-state index in [2.05, 4.69) is 17.2 Å². The first kappa shape index (κ1) is 12.4. The summed E-state index contributed by atoms with van der Waals surface area (Å²) in [5, 5.41) is 4.06. The Morgan fingerprint density at radius 1 is 1.35 bits per heavy atom. The Kier molecular flexibility index (Phi) is 3.66. The molecule has 0 aromatic heterocycles. The van der Waals surface area contributed by atoms with Gasteiger partial charge >= 0.3 is 0 Å². The summed E-state index contributed by atoms with van der Waals surface area (Å²) in [6.45, 7) is 4.14. The number of anilines is 1. The van der Waals surface area contributed by atoms with E-state index in [4.69, 9.17) is 0 Å². The van der Waals surface area contributed by atoms with Crippen LogP contribution < -0.4 is 5.32 Å².